The Morgan fingerprint density at radius 3 is 2.62 bits per heavy atom. The van der Waals surface area contributed by atoms with Crippen molar-refractivity contribution < 1.29 is 34.0 Å². The summed E-state index contributed by atoms with van der Waals surface area (Å²) in [4.78, 5) is 25.9. The number of carbonyl (C=O) groups excluding carboxylic acids is 2. The number of esters is 1. The average Bonchev–Trinajstić information content (AvgIpc) is 3.35. The Balaban J connectivity index is 1.53. The molecule has 9 nitrogen and oxygen atoms in total. The Labute approximate surface area is 217 Å². The lowest BCUT2D eigenvalue weighted by Gasteiger charge is -2.38. The zero-order chi connectivity index (χ0) is 26.4. The lowest BCUT2D eigenvalue weighted by Crippen LogP contribution is -2.42. The number of ether oxygens (including phenoxy) is 3. The van der Waals surface area contributed by atoms with Crippen LogP contribution in [0.1, 0.15) is 62.2 Å². The van der Waals surface area contributed by atoms with E-state index in [9.17, 15) is 19.8 Å². The van der Waals surface area contributed by atoms with Gasteiger partial charge in [-0.05, 0) is 49.6 Å². The largest absolute Gasteiger partial charge is 0.453 e. The summed E-state index contributed by atoms with van der Waals surface area (Å²) in [6, 6.07) is 15.1. The zero-order valence-corrected chi connectivity index (χ0v) is 21.3. The van der Waals surface area contributed by atoms with Crippen molar-refractivity contribution in [1.29, 1.82) is 0 Å². The summed E-state index contributed by atoms with van der Waals surface area (Å²) >= 11 is 0. The van der Waals surface area contributed by atoms with Gasteiger partial charge in [0.1, 0.15) is 0 Å². The van der Waals surface area contributed by atoms with E-state index >= 15 is 0 Å². The van der Waals surface area contributed by atoms with E-state index in [-0.39, 0.29) is 31.5 Å². The molecule has 0 aliphatic carbocycles. The van der Waals surface area contributed by atoms with Gasteiger partial charge in [0.25, 0.3) is 5.91 Å². The number of aliphatic hydroxyl groups excluding tert-OH is 2. The highest BCUT2D eigenvalue weighted by Gasteiger charge is 2.35. The van der Waals surface area contributed by atoms with Crippen molar-refractivity contribution in [1.82, 2.24) is 4.90 Å². The van der Waals surface area contributed by atoms with Gasteiger partial charge in [0, 0.05) is 37.2 Å². The van der Waals surface area contributed by atoms with Gasteiger partial charge < -0.3 is 29.7 Å². The minimum Gasteiger partial charge on any atom is -0.453 e. The number of carbonyl (C=O) groups is 2. The molecule has 0 aromatic heterocycles. The summed E-state index contributed by atoms with van der Waals surface area (Å²) in [6.07, 6.45) is 0.739. The van der Waals surface area contributed by atoms with Gasteiger partial charge in [0.15, 0.2) is 12.4 Å². The lowest BCUT2D eigenvalue weighted by molar-refractivity contribution is -0.253. The van der Waals surface area contributed by atoms with Crippen LogP contribution in [0.5, 0.6) is 0 Å². The standard InChI is InChI=1S/C28H36N2O7/c1-18(35-19(2)33)27(34)29-23-6-3-5-22(13-23)28-36-25(15-30-12-4-7-24(30)17-32)14-26(37-28)21-10-8-20(16-31)9-11-21/h3,5-6,8-11,13,18,24-26,28,31-32H,4,7,12,14-17H2,1-2H3,(H,29,34)/t18-,24-,25-,26+,28?/m0/s1. The molecule has 9 heteroatoms. The van der Waals surface area contributed by atoms with Gasteiger partial charge in [-0.3, -0.25) is 14.5 Å². The van der Waals surface area contributed by atoms with Crippen LogP contribution < -0.4 is 5.32 Å². The summed E-state index contributed by atoms with van der Waals surface area (Å²) in [5.74, 6) is -0.951. The number of aliphatic hydroxyl groups is 2. The molecule has 1 amide bonds. The van der Waals surface area contributed by atoms with Gasteiger partial charge in [-0.25, -0.2) is 0 Å². The van der Waals surface area contributed by atoms with Crippen molar-refractivity contribution in [3.05, 3.63) is 65.2 Å². The monoisotopic (exact) mass is 512 g/mol. The van der Waals surface area contributed by atoms with Gasteiger partial charge in [0.05, 0.1) is 25.4 Å². The van der Waals surface area contributed by atoms with Crippen molar-refractivity contribution in [2.24, 2.45) is 0 Å². The lowest BCUT2D eigenvalue weighted by atomic mass is 9.99. The maximum atomic E-state index is 12.4. The van der Waals surface area contributed by atoms with Gasteiger partial charge in [-0.2, -0.15) is 0 Å². The van der Waals surface area contributed by atoms with E-state index in [1.165, 1.54) is 13.8 Å². The number of likely N-dealkylation sites (tertiary alicyclic amines) is 1. The van der Waals surface area contributed by atoms with Crippen LogP contribution in [0.25, 0.3) is 0 Å². The molecule has 2 saturated heterocycles. The predicted octanol–water partition coefficient (Wildman–Crippen LogP) is 3.07. The number of hydrogen-bond acceptors (Lipinski definition) is 8. The van der Waals surface area contributed by atoms with Crippen LogP contribution >= 0.6 is 0 Å². The SMILES string of the molecule is CC(=O)O[C@@H](C)C(=O)Nc1cccc(C2O[C@H](CN3CCC[C@H]3CO)C[C@H](c3ccc(CO)cc3)O2)c1. The molecule has 3 N–H and O–H groups in total. The first-order chi connectivity index (χ1) is 17.9. The minimum absolute atomic E-state index is 0.0216. The quantitative estimate of drug-likeness (QED) is 0.439. The first-order valence-electron chi connectivity index (χ1n) is 12.8. The van der Waals surface area contributed by atoms with Crippen LogP contribution in [-0.4, -0.2) is 64.9 Å². The first kappa shape index (κ1) is 27.2. The van der Waals surface area contributed by atoms with Crippen molar-refractivity contribution >= 4 is 17.6 Å². The Morgan fingerprint density at radius 2 is 1.92 bits per heavy atom. The molecular formula is C28H36N2O7. The van der Waals surface area contributed by atoms with E-state index in [0.29, 0.717) is 18.7 Å². The van der Waals surface area contributed by atoms with Crippen LogP contribution in [-0.2, 0) is 30.4 Å². The van der Waals surface area contributed by atoms with Crippen LogP contribution in [0.15, 0.2) is 48.5 Å². The molecule has 2 aliphatic heterocycles. The van der Waals surface area contributed by atoms with Crippen LogP contribution in [0.4, 0.5) is 5.69 Å². The fourth-order valence-electron chi connectivity index (χ4n) is 4.95. The minimum atomic E-state index is -0.918. The first-order valence-corrected chi connectivity index (χ1v) is 12.8. The molecule has 200 valence electrons. The number of nitrogens with one attached hydrogen (secondary N) is 1. The van der Waals surface area contributed by atoms with Gasteiger partial charge >= 0.3 is 5.97 Å². The molecular weight excluding hydrogens is 476 g/mol. The molecule has 4 rings (SSSR count). The van der Waals surface area contributed by atoms with Crippen LogP contribution in [0.2, 0.25) is 0 Å². The second-order valence-corrected chi connectivity index (χ2v) is 9.69. The summed E-state index contributed by atoms with van der Waals surface area (Å²) in [5.41, 5.74) is 3.12. The molecule has 5 atom stereocenters. The van der Waals surface area contributed by atoms with E-state index in [1.807, 2.05) is 36.4 Å². The fourth-order valence-corrected chi connectivity index (χ4v) is 4.95. The summed E-state index contributed by atoms with van der Waals surface area (Å²) in [6.45, 7) is 4.50. The van der Waals surface area contributed by atoms with E-state index in [0.717, 1.165) is 36.1 Å². The van der Waals surface area contributed by atoms with Crippen LogP contribution in [0.3, 0.4) is 0 Å². The molecule has 2 aromatic carbocycles. The highest BCUT2D eigenvalue weighted by molar-refractivity contribution is 5.95. The average molecular weight is 513 g/mol. The third-order valence-corrected chi connectivity index (χ3v) is 6.90. The van der Waals surface area contributed by atoms with Crippen molar-refractivity contribution in [2.75, 3.05) is 25.0 Å². The molecule has 0 radical (unpaired) electrons. The molecule has 0 bridgehead atoms. The molecule has 0 saturated carbocycles. The molecule has 2 heterocycles. The fraction of sp³-hybridized carbons (Fsp3) is 0.500. The Morgan fingerprint density at radius 1 is 1.14 bits per heavy atom. The molecule has 37 heavy (non-hydrogen) atoms. The molecule has 0 spiro atoms. The smallest absolute Gasteiger partial charge is 0.303 e. The third-order valence-electron chi connectivity index (χ3n) is 6.90. The second kappa shape index (κ2) is 12.6. The second-order valence-electron chi connectivity index (χ2n) is 9.69. The van der Waals surface area contributed by atoms with E-state index in [2.05, 4.69) is 10.2 Å². The van der Waals surface area contributed by atoms with E-state index in [1.54, 1.807) is 12.1 Å². The predicted molar refractivity (Wildman–Crippen MR) is 136 cm³/mol. The number of nitrogens with zero attached hydrogens (tertiary/aromatic N) is 1. The van der Waals surface area contributed by atoms with Crippen LogP contribution in [0, 0.1) is 0 Å². The van der Waals surface area contributed by atoms with Gasteiger partial charge in [0.2, 0.25) is 0 Å². The Kier molecular flexibility index (Phi) is 9.28. The van der Waals surface area contributed by atoms with E-state index < -0.39 is 24.3 Å². The molecule has 2 aliphatic rings. The number of benzene rings is 2. The molecule has 1 unspecified atom stereocenters. The Bertz CT molecular complexity index is 1060. The topological polar surface area (TPSA) is 118 Å². The summed E-state index contributed by atoms with van der Waals surface area (Å²) in [7, 11) is 0. The number of rotatable bonds is 9. The van der Waals surface area contributed by atoms with Gasteiger partial charge in [-0.1, -0.05) is 36.4 Å². The number of amides is 1. The Hall–Kier alpha value is -2.82. The number of anilines is 1. The van der Waals surface area contributed by atoms with Crippen molar-refractivity contribution in [3.8, 4) is 0 Å². The summed E-state index contributed by atoms with van der Waals surface area (Å²) in [5, 5.41) is 22.0. The van der Waals surface area contributed by atoms with Gasteiger partial charge in [-0.15, -0.1) is 0 Å². The molecule has 2 fully saturated rings. The highest BCUT2D eigenvalue weighted by Crippen LogP contribution is 2.39. The third kappa shape index (κ3) is 7.15. The van der Waals surface area contributed by atoms with Crippen molar-refractivity contribution in [3.63, 3.8) is 0 Å². The number of hydrogen-bond donors (Lipinski definition) is 3. The normalized spacial score (nSPS) is 25.0. The molecule has 2 aromatic rings. The highest BCUT2D eigenvalue weighted by atomic mass is 16.7. The maximum Gasteiger partial charge on any atom is 0.303 e. The zero-order valence-electron chi connectivity index (χ0n) is 21.3. The summed E-state index contributed by atoms with van der Waals surface area (Å²) < 4.78 is 17.8. The maximum absolute atomic E-state index is 12.4. The van der Waals surface area contributed by atoms with Crippen molar-refractivity contribution in [2.45, 2.75) is 70.4 Å². The van der Waals surface area contributed by atoms with E-state index in [4.69, 9.17) is 14.2 Å².